The average molecular weight is 352 g/mol. The third-order valence-corrected chi connectivity index (χ3v) is 6.01. The Balaban J connectivity index is 1.71. The maximum Gasteiger partial charge on any atom is 0.408 e. The number of aliphatic hydroxyl groups is 1. The summed E-state index contributed by atoms with van der Waals surface area (Å²) in [7, 11) is 0. The van der Waals surface area contributed by atoms with E-state index in [-0.39, 0.29) is 18.6 Å². The highest BCUT2D eigenvalue weighted by Crippen LogP contribution is 2.78. The second-order valence-corrected chi connectivity index (χ2v) is 10.1. The zero-order valence-corrected chi connectivity index (χ0v) is 16.3. The Labute approximate surface area is 150 Å². The lowest BCUT2D eigenvalue weighted by molar-refractivity contribution is -0.139. The number of amides is 2. The summed E-state index contributed by atoms with van der Waals surface area (Å²) >= 11 is 0. The van der Waals surface area contributed by atoms with E-state index in [9.17, 15) is 14.7 Å². The van der Waals surface area contributed by atoms with Gasteiger partial charge in [0.2, 0.25) is 5.91 Å². The van der Waals surface area contributed by atoms with Gasteiger partial charge in [-0.15, -0.1) is 0 Å². The Bertz CT molecular complexity index is 571. The zero-order chi connectivity index (χ0) is 18.8. The first kappa shape index (κ1) is 18.5. The van der Waals surface area contributed by atoms with Crippen molar-refractivity contribution < 1.29 is 19.4 Å². The van der Waals surface area contributed by atoms with Crippen LogP contribution >= 0.6 is 0 Å². The Morgan fingerprint density at radius 3 is 2.28 bits per heavy atom. The van der Waals surface area contributed by atoms with E-state index >= 15 is 0 Å². The van der Waals surface area contributed by atoms with Crippen molar-refractivity contribution >= 4 is 12.0 Å². The highest BCUT2D eigenvalue weighted by Gasteiger charge is 2.77. The topological polar surface area (TPSA) is 78.9 Å². The fourth-order valence-corrected chi connectivity index (χ4v) is 4.65. The maximum atomic E-state index is 13.2. The van der Waals surface area contributed by atoms with E-state index in [4.69, 9.17) is 4.74 Å². The fourth-order valence-electron chi connectivity index (χ4n) is 4.65. The number of alkyl carbamates (subject to hydrolysis) is 1. The van der Waals surface area contributed by atoms with Gasteiger partial charge in [0.25, 0.3) is 0 Å². The molecule has 2 amide bonds. The Morgan fingerprint density at radius 1 is 1.24 bits per heavy atom. The quantitative estimate of drug-likeness (QED) is 0.816. The van der Waals surface area contributed by atoms with E-state index in [0.29, 0.717) is 23.8 Å². The molecule has 0 bridgehead atoms. The number of carbonyl (C=O) groups is 2. The minimum atomic E-state index is -0.677. The van der Waals surface area contributed by atoms with Crippen LogP contribution in [0, 0.1) is 22.7 Å². The maximum absolute atomic E-state index is 13.2. The molecule has 1 unspecified atom stereocenters. The van der Waals surface area contributed by atoms with Crippen LogP contribution in [0.25, 0.3) is 0 Å². The number of carbonyl (C=O) groups excluding carboxylic acids is 2. The van der Waals surface area contributed by atoms with Gasteiger partial charge in [-0.2, -0.15) is 0 Å². The zero-order valence-electron chi connectivity index (χ0n) is 16.3. The van der Waals surface area contributed by atoms with Gasteiger partial charge in [-0.1, -0.05) is 20.8 Å². The molecule has 142 valence electrons. The van der Waals surface area contributed by atoms with E-state index in [1.807, 2.05) is 20.8 Å². The van der Waals surface area contributed by atoms with Crippen molar-refractivity contribution in [2.45, 2.75) is 72.1 Å². The number of likely N-dealkylation sites (tertiary alicyclic amines) is 1. The fraction of sp³-hybridized carbons (Fsp3) is 0.895. The van der Waals surface area contributed by atoms with E-state index in [2.05, 4.69) is 5.32 Å². The molecule has 4 atom stereocenters. The van der Waals surface area contributed by atoms with Gasteiger partial charge in [0, 0.05) is 6.54 Å². The molecule has 3 rings (SSSR count). The van der Waals surface area contributed by atoms with Crippen molar-refractivity contribution in [3.8, 4) is 0 Å². The first-order chi connectivity index (χ1) is 11.4. The molecule has 3 aliphatic rings. The minimum Gasteiger partial charge on any atom is -0.444 e. The predicted molar refractivity (Wildman–Crippen MR) is 93.8 cm³/mol. The standard InChI is InChI=1S/C19H32N2O4/c1-17(2,3)14(20-16(24)25-18(4,5)6)15(23)21-9-11-13(12(21)10-22)19(11)7-8-19/h11-14,22H,7-10H2,1-6H3,(H,20,24)/t11-,12+,13-,14?/m0/s1. The molecule has 1 spiro atoms. The number of ether oxygens (including phenoxy) is 1. The van der Waals surface area contributed by atoms with Crippen molar-refractivity contribution in [1.82, 2.24) is 10.2 Å². The Hall–Kier alpha value is -1.30. The van der Waals surface area contributed by atoms with Gasteiger partial charge in [-0.3, -0.25) is 4.79 Å². The van der Waals surface area contributed by atoms with Crippen LogP contribution in [0.3, 0.4) is 0 Å². The molecule has 3 fully saturated rings. The summed E-state index contributed by atoms with van der Waals surface area (Å²) in [6, 6.07) is -0.783. The van der Waals surface area contributed by atoms with Crippen LogP contribution < -0.4 is 5.32 Å². The van der Waals surface area contributed by atoms with Crippen molar-refractivity contribution in [1.29, 1.82) is 0 Å². The molecular formula is C19H32N2O4. The van der Waals surface area contributed by atoms with Crippen molar-refractivity contribution in [3.63, 3.8) is 0 Å². The smallest absolute Gasteiger partial charge is 0.408 e. The molecule has 0 aromatic carbocycles. The van der Waals surface area contributed by atoms with E-state index in [1.165, 1.54) is 12.8 Å². The van der Waals surface area contributed by atoms with Gasteiger partial charge < -0.3 is 20.1 Å². The molecule has 6 heteroatoms. The molecular weight excluding hydrogens is 320 g/mol. The van der Waals surface area contributed by atoms with Crippen molar-refractivity contribution in [3.05, 3.63) is 0 Å². The monoisotopic (exact) mass is 352 g/mol. The number of hydrogen-bond acceptors (Lipinski definition) is 4. The lowest BCUT2D eigenvalue weighted by atomic mass is 9.85. The van der Waals surface area contributed by atoms with Crippen LogP contribution in [0.5, 0.6) is 0 Å². The Morgan fingerprint density at radius 2 is 1.84 bits per heavy atom. The Kier molecular flexibility index (Phi) is 4.14. The summed E-state index contributed by atoms with van der Waals surface area (Å²) < 4.78 is 5.33. The molecule has 1 saturated heterocycles. The van der Waals surface area contributed by atoms with Gasteiger partial charge >= 0.3 is 6.09 Å². The molecule has 6 nitrogen and oxygen atoms in total. The summed E-state index contributed by atoms with van der Waals surface area (Å²) in [5.41, 5.74) is -0.630. The summed E-state index contributed by atoms with van der Waals surface area (Å²) in [6.45, 7) is 11.9. The minimum absolute atomic E-state index is 0.00203. The second kappa shape index (κ2) is 5.60. The number of nitrogens with one attached hydrogen (secondary N) is 1. The molecule has 2 saturated carbocycles. The molecule has 1 aliphatic heterocycles. The van der Waals surface area contributed by atoms with Crippen LogP contribution in [0.1, 0.15) is 54.4 Å². The van der Waals surface area contributed by atoms with Gasteiger partial charge in [0.15, 0.2) is 0 Å². The van der Waals surface area contributed by atoms with Gasteiger partial charge in [0.05, 0.1) is 12.6 Å². The highest BCUT2D eigenvalue weighted by molar-refractivity contribution is 5.87. The molecule has 0 aromatic rings. The van der Waals surface area contributed by atoms with Gasteiger partial charge in [-0.25, -0.2) is 4.79 Å². The van der Waals surface area contributed by atoms with Gasteiger partial charge in [-0.05, 0) is 56.3 Å². The molecule has 0 radical (unpaired) electrons. The molecule has 2 N–H and O–H groups in total. The van der Waals surface area contributed by atoms with Crippen molar-refractivity contribution in [2.75, 3.05) is 13.2 Å². The molecule has 1 heterocycles. The first-order valence-corrected chi connectivity index (χ1v) is 9.31. The molecule has 0 aromatic heterocycles. The lowest BCUT2D eigenvalue weighted by Crippen LogP contribution is -2.57. The summed E-state index contributed by atoms with van der Waals surface area (Å²) in [6.07, 6.45) is 1.89. The van der Waals surface area contributed by atoms with E-state index in [1.54, 1.807) is 25.7 Å². The second-order valence-electron chi connectivity index (χ2n) is 10.1. The number of piperidine rings is 1. The largest absolute Gasteiger partial charge is 0.444 e. The van der Waals surface area contributed by atoms with Crippen LogP contribution in [0.2, 0.25) is 0 Å². The number of nitrogens with zero attached hydrogens (tertiary/aromatic N) is 1. The van der Waals surface area contributed by atoms with E-state index < -0.39 is 23.2 Å². The van der Waals surface area contributed by atoms with Crippen LogP contribution in [-0.2, 0) is 9.53 Å². The number of fused-ring (bicyclic) bond motifs is 3. The normalized spacial score (nSPS) is 30.7. The molecule has 25 heavy (non-hydrogen) atoms. The highest BCUT2D eigenvalue weighted by atomic mass is 16.6. The lowest BCUT2D eigenvalue weighted by Gasteiger charge is -2.37. The summed E-state index contributed by atoms with van der Waals surface area (Å²) in [5.74, 6) is 0.875. The van der Waals surface area contributed by atoms with Crippen LogP contribution in [0.15, 0.2) is 0 Å². The van der Waals surface area contributed by atoms with Crippen molar-refractivity contribution in [2.24, 2.45) is 22.7 Å². The number of rotatable bonds is 3. The average Bonchev–Trinajstić information content (AvgIpc) is 3.30. The molecule has 2 aliphatic carbocycles. The summed E-state index contributed by atoms with van der Waals surface area (Å²) in [5, 5.41) is 12.6. The SMILES string of the molecule is CC(C)(C)OC(=O)NC(C(=O)N1C[C@H]2[C@@H]([C@H]1CO)C21CC1)C(C)(C)C. The number of aliphatic hydroxyl groups excluding tert-OH is 1. The third kappa shape index (κ3) is 3.25. The van der Waals surface area contributed by atoms with Crippen LogP contribution in [-0.4, -0.2) is 52.8 Å². The first-order valence-electron chi connectivity index (χ1n) is 9.31. The van der Waals surface area contributed by atoms with E-state index in [0.717, 1.165) is 0 Å². The summed E-state index contributed by atoms with van der Waals surface area (Å²) in [4.78, 5) is 27.2. The number of hydrogen-bond donors (Lipinski definition) is 2. The predicted octanol–water partition coefficient (Wildman–Crippen LogP) is 2.16. The third-order valence-electron chi connectivity index (χ3n) is 6.01. The van der Waals surface area contributed by atoms with Crippen LogP contribution in [0.4, 0.5) is 4.79 Å². The van der Waals surface area contributed by atoms with Gasteiger partial charge in [0.1, 0.15) is 11.6 Å².